The predicted octanol–water partition coefficient (Wildman–Crippen LogP) is 3.31. The molecule has 0 spiro atoms. The summed E-state index contributed by atoms with van der Waals surface area (Å²) in [5.74, 6) is -35.1. The Balaban J connectivity index is 5.37. The molecule has 1 atom stereocenters. The lowest BCUT2D eigenvalue weighted by atomic mass is 10.1. The van der Waals surface area contributed by atoms with Crippen LogP contribution in [0, 0.1) is 0 Å². The van der Waals surface area contributed by atoms with Gasteiger partial charge in [0.15, 0.2) is 12.4 Å². The molecule has 5 nitrogen and oxygen atoms in total. The smallest absolute Gasteiger partial charge is 0.457 e. The Labute approximate surface area is 153 Å². The third kappa shape index (κ3) is 4.85. The van der Waals surface area contributed by atoms with E-state index >= 15 is 0 Å². The van der Waals surface area contributed by atoms with Gasteiger partial charge in [0.05, 0.1) is 0 Å². The SMILES string of the molecule is O=CC(COC(=O)C(F)(F)C(F)(F)C(F)(F)F)OC(=O)C(F)(F)C(F)(F)C(F)(F)F. The molecule has 0 aromatic heterocycles. The van der Waals surface area contributed by atoms with Gasteiger partial charge in [-0.15, -0.1) is 0 Å². The van der Waals surface area contributed by atoms with E-state index in [2.05, 4.69) is 9.47 Å². The topological polar surface area (TPSA) is 69.7 Å². The lowest BCUT2D eigenvalue weighted by Crippen LogP contribution is -2.58. The van der Waals surface area contributed by atoms with Gasteiger partial charge < -0.3 is 9.47 Å². The zero-order valence-electron chi connectivity index (χ0n) is 13.2. The highest BCUT2D eigenvalue weighted by Gasteiger charge is 2.78. The molecule has 19 heteroatoms. The molecule has 0 saturated carbocycles. The van der Waals surface area contributed by atoms with E-state index < -0.39 is 67.0 Å². The first-order chi connectivity index (χ1) is 13.0. The highest BCUT2D eigenvalue weighted by Crippen LogP contribution is 2.48. The normalized spacial score (nSPS) is 15.4. The molecule has 0 fully saturated rings. The van der Waals surface area contributed by atoms with E-state index in [0.29, 0.717) is 0 Å². The van der Waals surface area contributed by atoms with Crippen LogP contribution >= 0.6 is 0 Å². The van der Waals surface area contributed by atoms with Crippen molar-refractivity contribution >= 4 is 18.2 Å². The Morgan fingerprint density at radius 3 is 1.30 bits per heavy atom. The van der Waals surface area contributed by atoms with E-state index in [0.717, 1.165) is 0 Å². The summed E-state index contributed by atoms with van der Waals surface area (Å²) in [5.41, 5.74) is 0. The molecule has 0 aliphatic carbocycles. The van der Waals surface area contributed by atoms with E-state index in [9.17, 15) is 75.8 Å². The third-order valence-electron chi connectivity index (χ3n) is 2.80. The highest BCUT2D eigenvalue weighted by molar-refractivity contribution is 5.81. The van der Waals surface area contributed by atoms with Crippen LogP contribution < -0.4 is 0 Å². The van der Waals surface area contributed by atoms with Gasteiger partial charge in [0.25, 0.3) is 0 Å². The van der Waals surface area contributed by atoms with Crippen molar-refractivity contribution in [2.24, 2.45) is 0 Å². The zero-order valence-corrected chi connectivity index (χ0v) is 13.2. The van der Waals surface area contributed by atoms with Crippen molar-refractivity contribution in [1.82, 2.24) is 0 Å². The molecule has 176 valence electrons. The fourth-order valence-corrected chi connectivity index (χ4v) is 1.17. The molecule has 0 amide bonds. The van der Waals surface area contributed by atoms with Crippen molar-refractivity contribution in [3.8, 4) is 0 Å². The summed E-state index contributed by atoms with van der Waals surface area (Å²) in [6.45, 7) is -2.33. The average molecular weight is 482 g/mol. The summed E-state index contributed by atoms with van der Waals surface area (Å²) in [5, 5.41) is 0. The number of carbonyl (C=O) groups excluding carboxylic acids is 3. The first-order valence-corrected chi connectivity index (χ1v) is 6.46. The first-order valence-electron chi connectivity index (χ1n) is 6.46. The van der Waals surface area contributed by atoms with Gasteiger partial charge in [0.2, 0.25) is 0 Å². The molecule has 0 aliphatic rings. The minimum absolute atomic E-state index is 0.993. The minimum Gasteiger partial charge on any atom is -0.457 e. The second kappa shape index (κ2) is 8.05. The quantitative estimate of drug-likeness (QED) is 0.302. The average Bonchev–Trinajstić information content (AvgIpc) is 2.55. The van der Waals surface area contributed by atoms with Crippen molar-refractivity contribution in [2.75, 3.05) is 6.61 Å². The Hall–Kier alpha value is -2.37. The molecule has 0 rings (SSSR count). The molecule has 0 aromatic carbocycles. The van der Waals surface area contributed by atoms with Gasteiger partial charge in [0.1, 0.15) is 6.61 Å². The first kappa shape index (κ1) is 27.6. The van der Waals surface area contributed by atoms with Crippen LogP contribution in [-0.2, 0) is 23.9 Å². The summed E-state index contributed by atoms with van der Waals surface area (Å²) in [7, 11) is 0. The van der Waals surface area contributed by atoms with Gasteiger partial charge >= 0.3 is 48.0 Å². The minimum atomic E-state index is -7.08. The molecule has 0 N–H and O–H groups in total. The van der Waals surface area contributed by atoms with E-state index in [1.807, 2.05) is 0 Å². The van der Waals surface area contributed by atoms with E-state index in [1.165, 1.54) is 0 Å². The lowest BCUT2D eigenvalue weighted by Gasteiger charge is -2.28. The van der Waals surface area contributed by atoms with Crippen LogP contribution in [0.5, 0.6) is 0 Å². The molecular weight excluding hydrogens is 478 g/mol. The van der Waals surface area contributed by atoms with Gasteiger partial charge in [-0.1, -0.05) is 0 Å². The van der Waals surface area contributed by atoms with Crippen molar-refractivity contribution < 1.29 is 85.3 Å². The van der Waals surface area contributed by atoms with Gasteiger partial charge in [-0.25, -0.2) is 9.59 Å². The van der Waals surface area contributed by atoms with Crippen molar-refractivity contribution in [3.63, 3.8) is 0 Å². The number of rotatable bonds is 8. The zero-order chi connectivity index (χ0) is 24.6. The van der Waals surface area contributed by atoms with Gasteiger partial charge in [-0.05, 0) is 0 Å². The standard InChI is InChI=1S/C11H4F14O5/c12-6(13,8(16,17)10(20,21)22)4(27)29-2-3(1-26)30-5(28)7(14,15)9(18,19)11(23,24)25/h1,3H,2H2. The van der Waals surface area contributed by atoms with Crippen LogP contribution in [0.15, 0.2) is 0 Å². The maximum atomic E-state index is 13.0. The molecule has 0 radical (unpaired) electrons. The lowest BCUT2D eigenvalue weighted by molar-refractivity contribution is -0.350. The summed E-state index contributed by atoms with van der Waals surface area (Å²) in [6.07, 6.45) is -18.2. The predicted molar refractivity (Wildman–Crippen MR) is 58.8 cm³/mol. The number of carbonyl (C=O) groups is 3. The van der Waals surface area contributed by atoms with E-state index in [4.69, 9.17) is 0 Å². The largest absolute Gasteiger partial charge is 0.460 e. The fraction of sp³-hybridized carbons (Fsp3) is 0.727. The Morgan fingerprint density at radius 1 is 0.667 bits per heavy atom. The van der Waals surface area contributed by atoms with E-state index in [1.54, 1.807) is 0 Å². The molecule has 0 bridgehead atoms. The number of halogens is 14. The van der Waals surface area contributed by atoms with Gasteiger partial charge in [-0.3, -0.25) is 4.79 Å². The van der Waals surface area contributed by atoms with E-state index in [-0.39, 0.29) is 0 Å². The third-order valence-corrected chi connectivity index (χ3v) is 2.80. The Bertz CT molecular complexity index is 664. The van der Waals surface area contributed by atoms with Crippen molar-refractivity contribution in [2.45, 2.75) is 42.1 Å². The number of alkyl halides is 14. The molecular formula is C11H4F14O5. The second-order valence-electron chi connectivity index (χ2n) is 4.97. The highest BCUT2D eigenvalue weighted by atomic mass is 19.4. The monoisotopic (exact) mass is 482 g/mol. The Morgan fingerprint density at radius 2 is 1.00 bits per heavy atom. The number of ether oxygens (including phenoxy) is 2. The van der Waals surface area contributed by atoms with Crippen molar-refractivity contribution in [1.29, 1.82) is 0 Å². The summed E-state index contributed by atoms with van der Waals surface area (Å²) in [6, 6.07) is 0. The molecule has 0 aliphatic heterocycles. The molecule has 0 aromatic rings. The number of aldehydes is 1. The number of hydrogen-bond donors (Lipinski definition) is 0. The maximum Gasteiger partial charge on any atom is 0.460 e. The van der Waals surface area contributed by atoms with Crippen LogP contribution in [0.25, 0.3) is 0 Å². The summed E-state index contributed by atoms with van der Waals surface area (Å²) in [4.78, 5) is 31.9. The van der Waals surface area contributed by atoms with Crippen LogP contribution in [0.3, 0.4) is 0 Å². The van der Waals surface area contributed by atoms with Crippen LogP contribution in [0.4, 0.5) is 61.5 Å². The molecule has 30 heavy (non-hydrogen) atoms. The second-order valence-corrected chi connectivity index (χ2v) is 4.97. The van der Waals surface area contributed by atoms with Crippen LogP contribution in [-0.4, -0.2) is 67.0 Å². The van der Waals surface area contributed by atoms with Gasteiger partial charge in [-0.2, -0.15) is 61.5 Å². The summed E-state index contributed by atoms with van der Waals surface area (Å²) < 4.78 is 179. The van der Waals surface area contributed by atoms with Crippen molar-refractivity contribution in [3.05, 3.63) is 0 Å². The van der Waals surface area contributed by atoms with Crippen LogP contribution in [0.1, 0.15) is 0 Å². The number of hydrogen-bond acceptors (Lipinski definition) is 5. The fourth-order valence-electron chi connectivity index (χ4n) is 1.17. The molecule has 1 unspecified atom stereocenters. The summed E-state index contributed by atoms with van der Waals surface area (Å²) >= 11 is 0. The van der Waals surface area contributed by atoms with Gasteiger partial charge in [0, 0.05) is 0 Å². The Kier molecular flexibility index (Phi) is 7.41. The number of esters is 2. The molecule has 0 heterocycles. The maximum absolute atomic E-state index is 13.0. The molecule has 0 saturated heterocycles. The van der Waals surface area contributed by atoms with Crippen LogP contribution in [0.2, 0.25) is 0 Å².